The Balaban J connectivity index is 1.61. The van der Waals surface area contributed by atoms with Crippen LogP contribution in [0.2, 0.25) is 0 Å². The van der Waals surface area contributed by atoms with Crippen LogP contribution in [0.3, 0.4) is 0 Å². The van der Waals surface area contributed by atoms with Gasteiger partial charge >= 0.3 is 0 Å². The second-order valence-electron chi connectivity index (χ2n) is 6.17. The highest BCUT2D eigenvalue weighted by Crippen LogP contribution is 2.29. The number of hydrogen-bond acceptors (Lipinski definition) is 6. The van der Waals surface area contributed by atoms with E-state index in [0.29, 0.717) is 34.4 Å². The molecular weight excluding hydrogens is 357 g/mol. The van der Waals surface area contributed by atoms with E-state index < -0.39 is 11.9 Å². The standard InChI is InChI=1S/C17H16FN5O2S/c1-10-8-14(24)23-16(19-10)26-17(21-23)22-7-3-6-13(22)15(25)20-12-5-2-4-11(18)9-12/h2,4-5,8-9,13H,3,6-7H2,1H3,(H,20,25)/t13-/m1/s1. The van der Waals surface area contributed by atoms with Gasteiger partial charge in [-0.3, -0.25) is 9.59 Å². The largest absolute Gasteiger partial charge is 0.335 e. The van der Waals surface area contributed by atoms with Gasteiger partial charge in [0.15, 0.2) is 0 Å². The molecule has 1 atom stereocenters. The van der Waals surface area contributed by atoms with Crippen LogP contribution < -0.4 is 15.8 Å². The van der Waals surface area contributed by atoms with Crippen molar-refractivity contribution in [2.75, 3.05) is 16.8 Å². The Labute approximate surface area is 152 Å². The van der Waals surface area contributed by atoms with Crippen molar-refractivity contribution in [1.82, 2.24) is 14.6 Å². The van der Waals surface area contributed by atoms with E-state index in [1.165, 1.54) is 34.1 Å². The molecule has 1 saturated heterocycles. The average molecular weight is 373 g/mol. The summed E-state index contributed by atoms with van der Waals surface area (Å²) in [5.41, 5.74) is 0.807. The molecule has 1 fully saturated rings. The van der Waals surface area contributed by atoms with Gasteiger partial charge in [-0.15, -0.1) is 5.10 Å². The number of carbonyl (C=O) groups is 1. The number of amides is 1. The zero-order chi connectivity index (χ0) is 18.3. The predicted molar refractivity (Wildman–Crippen MR) is 97.3 cm³/mol. The predicted octanol–water partition coefficient (Wildman–Crippen LogP) is 2.21. The van der Waals surface area contributed by atoms with Gasteiger partial charge in [0.1, 0.15) is 11.9 Å². The van der Waals surface area contributed by atoms with Crippen LogP contribution in [0.5, 0.6) is 0 Å². The second kappa shape index (κ2) is 6.49. The Morgan fingerprint density at radius 1 is 1.38 bits per heavy atom. The number of aromatic nitrogens is 3. The number of rotatable bonds is 3. The monoisotopic (exact) mass is 373 g/mol. The molecular formula is C17H16FN5O2S. The molecule has 0 bridgehead atoms. The van der Waals surface area contributed by atoms with Crippen LogP contribution in [0.1, 0.15) is 18.5 Å². The molecule has 1 aromatic carbocycles. The fourth-order valence-electron chi connectivity index (χ4n) is 3.09. The highest BCUT2D eigenvalue weighted by atomic mass is 32.1. The molecule has 0 saturated carbocycles. The minimum Gasteiger partial charge on any atom is -0.335 e. The van der Waals surface area contributed by atoms with E-state index in [1.807, 2.05) is 4.90 Å². The normalized spacial score (nSPS) is 17.0. The van der Waals surface area contributed by atoms with Crippen LogP contribution in [0.25, 0.3) is 4.96 Å². The number of hydrogen-bond donors (Lipinski definition) is 1. The van der Waals surface area contributed by atoms with E-state index in [9.17, 15) is 14.0 Å². The number of anilines is 2. The third-order valence-corrected chi connectivity index (χ3v) is 5.20. The number of aryl methyl sites for hydroxylation is 1. The molecule has 0 aliphatic carbocycles. The first-order valence-electron chi connectivity index (χ1n) is 8.22. The Bertz CT molecular complexity index is 1050. The summed E-state index contributed by atoms with van der Waals surface area (Å²) < 4.78 is 14.6. The summed E-state index contributed by atoms with van der Waals surface area (Å²) in [4.78, 5) is 31.4. The first kappa shape index (κ1) is 16.6. The van der Waals surface area contributed by atoms with Crippen LogP contribution in [0, 0.1) is 12.7 Å². The highest BCUT2D eigenvalue weighted by molar-refractivity contribution is 7.20. The molecule has 9 heteroatoms. The van der Waals surface area contributed by atoms with Crippen LogP contribution >= 0.6 is 11.3 Å². The van der Waals surface area contributed by atoms with Crippen molar-refractivity contribution < 1.29 is 9.18 Å². The number of halogens is 1. The maximum atomic E-state index is 13.3. The minimum atomic E-state index is -0.421. The van der Waals surface area contributed by atoms with Crippen molar-refractivity contribution in [1.29, 1.82) is 0 Å². The molecule has 1 aliphatic rings. The zero-order valence-corrected chi connectivity index (χ0v) is 14.8. The molecule has 3 heterocycles. The van der Waals surface area contributed by atoms with E-state index in [-0.39, 0.29) is 11.5 Å². The lowest BCUT2D eigenvalue weighted by Gasteiger charge is -2.22. The summed E-state index contributed by atoms with van der Waals surface area (Å²) in [5.74, 6) is -0.623. The first-order chi connectivity index (χ1) is 12.5. The zero-order valence-electron chi connectivity index (χ0n) is 14.0. The summed E-state index contributed by atoms with van der Waals surface area (Å²) in [6, 6.07) is 6.80. The Morgan fingerprint density at radius 3 is 3.04 bits per heavy atom. The van der Waals surface area contributed by atoms with E-state index in [0.717, 1.165) is 6.42 Å². The molecule has 4 rings (SSSR count). The lowest BCUT2D eigenvalue weighted by atomic mass is 10.2. The van der Waals surface area contributed by atoms with Crippen LogP contribution in [-0.2, 0) is 4.79 Å². The topological polar surface area (TPSA) is 79.6 Å². The maximum absolute atomic E-state index is 13.3. The van der Waals surface area contributed by atoms with Gasteiger partial charge in [-0.2, -0.15) is 4.52 Å². The van der Waals surface area contributed by atoms with Crippen molar-refractivity contribution in [2.24, 2.45) is 0 Å². The molecule has 0 radical (unpaired) electrons. The Morgan fingerprint density at radius 2 is 2.23 bits per heavy atom. The number of carbonyl (C=O) groups excluding carboxylic acids is 1. The number of nitrogens with one attached hydrogen (secondary N) is 1. The van der Waals surface area contributed by atoms with Crippen molar-refractivity contribution in [3.63, 3.8) is 0 Å². The molecule has 134 valence electrons. The van der Waals surface area contributed by atoms with Gasteiger partial charge in [-0.1, -0.05) is 17.4 Å². The average Bonchev–Trinajstić information content (AvgIpc) is 3.20. The first-order valence-corrected chi connectivity index (χ1v) is 9.03. The van der Waals surface area contributed by atoms with Gasteiger partial charge in [0.2, 0.25) is 16.0 Å². The molecule has 26 heavy (non-hydrogen) atoms. The lowest BCUT2D eigenvalue weighted by Crippen LogP contribution is -2.39. The number of fused-ring (bicyclic) bond motifs is 1. The van der Waals surface area contributed by atoms with Crippen LogP contribution in [0.4, 0.5) is 15.2 Å². The summed E-state index contributed by atoms with van der Waals surface area (Å²) >= 11 is 1.28. The van der Waals surface area contributed by atoms with Gasteiger partial charge in [0.05, 0.1) is 0 Å². The molecule has 1 N–H and O–H groups in total. The van der Waals surface area contributed by atoms with Crippen LogP contribution in [0.15, 0.2) is 35.1 Å². The molecule has 3 aromatic rings. The third kappa shape index (κ3) is 3.05. The molecule has 7 nitrogen and oxygen atoms in total. The lowest BCUT2D eigenvalue weighted by molar-refractivity contribution is -0.117. The van der Waals surface area contributed by atoms with Gasteiger partial charge in [-0.05, 0) is 38.0 Å². The molecule has 0 unspecified atom stereocenters. The van der Waals surface area contributed by atoms with Crippen molar-refractivity contribution in [2.45, 2.75) is 25.8 Å². The van der Waals surface area contributed by atoms with Crippen molar-refractivity contribution >= 4 is 33.0 Å². The Hall–Kier alpha value is -2.81. The summed E-state index contributed by atoms with van der Waals surface area (Å²) in [7, 11) is 0. The summed E-state index contributed by atoms with van der Waals surface area (Å²) in [6.45, 7) is 2.42. The van der Waals surface area contributed by atoms with Gasteiger partial charge in [-0.25, -0.2) is 9.37 Å². The number of nitrogens with zero attached hydrogens (tertiary/aromatic N) is 4. The highest BCUT2D eigenvalue weighted by Gasteiger charge is 2.33. The smallest absolute Gasteiger partial charge is 0.275 e. The fraction of sp³-hybridized carbons (Fsp3) is 0.294. The maximum Gasteiger partial charge on any atom is 0.275 e. The van der Waals surface area contributed by atoms with Crippen LogP contribution in [-0.4, -0.2) is 33.1 Å². The van der Waals surface area contributed by atoms with Gasteiger partial charge < -0.3 is 10.2 Å². The molecule has 0 spiro atoms. The summed E-state index contributed by atoms with van der Waals surface area (Å²) in [6.07, 6.45) is 1.50. The molecule has 1 aliphatic heterocycles. The van der Waals surface area contributed by atoms with E-state index in [1.54, 1.807) is 19.1 Å². The molecule has 1 amide bonds. The van der Waals surface area contributed by atoms with Crippen molar-refractivity contribution in [3.8, 4) is 0 Å². The summed E-state index contributed by atoms with van der Waals surface area (Å²) in [5, 5.41) is 7.67. The quantitative estimate of drug-likeness (QED) is 0.761. The third-order valence-electron chi connectivity index (χ3n) is 4.26. The van der Waals surface area contributed by atoms with Crippen molar-refractivity contribution in [3.05, 3.63) is 52.2 Å². The van der Waals surface area contributed by atoms with E-state index in [2.05, 4.69) is 15.4 Å². The van der Waals surface area contributed by atoms with Gasteiger partial charge in [0.25, 0.3) is 5.56 Å². The van der Waals surface area contributed by atoms with E-state index >= 15 is 0 Å². The Kier molecular flexibility index (Phi) is 4.15. The number of benzene rings is 1. The van der Waals surface area contributed by atoms with Gasteiger partial charge in [0, 0.05) is 24.0 Å². The SMILES string of the molecule is Cc1cc(=O)n2nc(N3CCC[C@@H]3C(=O)Nc3cccc(F)c3)sc2n1. The van der Waals surface area contributed by atoms with E-state index in [4.69, 9.17) is 0 Å². The fourth-order valence-corrected chi connectivity index (χ4v) is 4.11. The minimum absolute atomic E-state index is 0.219. The second-order valence-corrected chi connectivity index (χ2v) is 7.10. The molecule has 2 aromatic heterocycles.